The quantitative estimate of drug-likeness (QED) is 0.733. The van der Waals surface area contributed by atoms with Crippen LogP contribution in [0.5, 0.6) is 0 Å². The molecule has 1 amide bonds. The molecule has 0 aromatic carbocycles. The zero-order chi connectivity index (χ0) is 18.9. The van der Waals surface area contributed by atoms with Crippen LogP contribution in [-0.2, 0) is 12.7 Å². The number of hydrogen-bond donors (Lipinski definition) is 1. The number of carbonyl (C=O) groups excluding carboxylic acids is 1. The maximum atomic E-state index is 12.7. The van der Waals surface area contributed by atoms with Gasteiger partial charge in [0.15, 0.2) is 11.5 Å². The van der Waals surface area contributed by atoms with Gasteiger partial charge in [-0.3, -0.25) is 9.48 Å². The number of aromatic nitrogens is 3. The molecule has 0 radical (unpaired) electrons. The molecule has 3 heterocycles. The molecule has 0 aliphatic rings. The molecule has 26 heavy (non-hydrogen) atoms. The molecule has 0 saturated heterocycles. The van der Waals surface area contributed by atoms with Gasteiger partial charge in [0, 0.05) is 11.9 Å². The maximum Gasteiger partial charge on any atom is 0.435 e. The number of nitrogens with one attached hydrogen (secondary N) is 1. The lowest BCUT2D eigenvalue weighted by Gasteiger charge is -2.03. The number of rotatable bonds is 4. The number of nitrogens with zero attached hydrogens (tertiary/aromatic N) is 3. The summed E-state index contributed by atoms with van der Waals surface area (Å²) >= 11 is 5.72. The monoisotopic (exact) mass is 384 g/mol. The first-order valence-corrected chi connectivity index (χ1v) is 7.73. The van der Waals surface area contributed by atoms with E-state index in [2.05, 4.69) is 15.4 Å². The van der Waals surface area contributed by atoms with Gasteiger partial charge in [-0.2, -0.15) is 18.3 Å². The largest absolute Gasteiger partial charge is 0.454 e. The number of hydrogen-bond acceptors (Lipinski definition) is 4. The van der Waals surface area contributed by atoms with Gasteiger partial charge in [0.25, 0.3) is 5.91 Å². The van der Waals surface area contributed by atoms with Crippen molar-refractivity contribution in [2.24, 2.45) is 0 Å². The second-order valence-corrected chi connectivity index (χ2v) is 5.84. The molecule has 0 aliphatic heterocycles. The Morgan fingerprint density at radius 2 is 2.08 bits per heavy atom. The highest BCUT2D eigenvalue weighted by Crippen LogP contribution is 2.28. The van der Waals surface area contributed by atoms with Gasteiger partial charge in [-0.15, -0.1) is 0 Å². The first-order chi connectivity index (χ1) is 12.2. The summed E-state index contributed by atoms with van der Waals surface area (Å²) in [5.74, 6) is 0.0334. The molecule has 0 aliphatic carbocycles. The fourth-order valence-electron chi connectivity index (χ4n) is 2.17. The highest BCUT2D eigenvalue weighted by molar-refractivity contribution is 6.30. The van der Waals surface area contributed by atoms with E-state index in [1.165, 1.54) is 31.3 Å². The van der Waals surface area contributed by atoms with Crippen molar-refractivity contribution in [2.45, 2.75) is 19.6 Å². The first kappa shape index (κ1) is 18.0. The molecular formula is C16H12ClF3N4O2. The summed E-state index contributed by atoms with van der Waals surface area (Å²) in [5.41, 5.74) is -0.654. The van der Waals surface area contributed by atoms with E-state index in [0.717, 1.165) is 10.7 Å². The third-order valence-corrected chi connectivity index (χ3v) is 3.66. The molecule has 3 rings (SSSR count). The molecule has 136 valence electrons. The lowest BCUT2D eigenvalue weighted by Crippen LogP contribution is -2.12. The molecule has 3 aromatic rings. The van der Waals surface area contributed by atoms with E-state index in [0.29, 0.717) is 16.5 Å². The lowest BCUT2D eigenvalue weighted by atomic mass is 10.3. The molecule has 0 unspecified atom stereocenters. The zero-order valence-electron chi connectivity index (χ0n) is 13.3. The van der Waals surface area contributed by atoms with Crippen LogP contribution in [0.15, 0.2) is 40.9 Å². The van der Waals surface area contributed by atoms with Crippen LogP contribution in [0.4, 0.5) is 19.0 Å². The normalized spacial score (nSPS) is 11.6. The summed E-state index contributed by atoms with van der Waals surface area (Å²) in [7, 11) is 0. The van der Waals surface area contributed by atoms with Crippen LogP contribution in [0.1, 0.15) is 27.7 Å². The minimum atomic E-state index is -4.52. The molecule has 0 saturated carbocycles. The Balaban J connectivity index is 1.71. The van der Waals surface area contributed by atoms with Crippen molar-refractivity contribution in [2.75, 3.05) is 5.32 Å². The van der Waals surface area contributed by atoms with Crippen molar-refractivity contribution in [3.63, 3.8) is 0 Å². The van der Waals surface area contributed by atoms with Crippen LogP contribution in [0.25, 0.3) is 0 Å². The van der Waals surface area contributed by atoms with Crippen LogP contribution in [-0.4, -0.2) is 20.7 Å². The van der Waals surface area contributed by atoms with Crippen molar-refractivity contribution in [3.8, 4) is 0 Å². The number of pyridine rings is 1. The van der Waals surface area contributed by atoms with Crippen molar-refractivity contribution >= 4 is 23.3 Å². The fourth-order valence-corrected chi connectivity index (χ4v) is 2.28. The van der Waals surface area contributed by atoms with Gasteiger partial charge in [-0.25, -0.2) is 4.98 Å². The van der Waals surface area contributed by atoms with E-state index in [9.17, 15) is 18.0 Å². The van der Waals surface area contributed by atoms with Gasteiger partial charge >= 0.3 is 6.18 Å². The number of anilines is 1. The summed E-state index contributed by atoms with van der Waals surface area (Å²) < 4.78 is 44.6. The molecule has 0 bridgehead atoms. The average molecular weight is 385 g/mol. The van der Waals surface area contributed by atoms with Gasteiger partial charge in [0.2, 0.25) is 0 Å². The van der Waals surface area contributed by atoms with Gasteiger partial charge in [-0.1, -0.05) is 11.6 Å². The molecular weight excluding hydrogens is 373 g/mol. The molecule has 3 aromatic heterocycles. The summed E-state index contributed by atoms with van der Waals surface area (Å²) in [6.45, 7) is 1.47. The number of aryl methyl sites for hydroxylation is 1. The van der Waals surface area contributed by atoms with E-state index in [1.807, 2.05) is 0 Å². The standard InChI is InChI=1S/C16H12ClF3N4O2/c1-9-6-13(16(18,19)20)23-24(9)8-11-3-4-12(26-11)15(25)22-14-5-2-10(17)7-21-14/h2-7H,8H2,1H3,(H,21,22,25). The Morgan fingerprint density at radius 1 is 1.31 bits per heavy atom. The smallest absolute Gasteiger partial charge is 0.435 e. The Hall–Kier alpha value is -2.81. The highest BCUT2D eigenvalue weighted by Gasteiger charge is 2.34. The average Bonchev–Trinajstić information content (AvgIpc) is 3.17. The first-order valence-electron chi connectivity index (χ1n) is 7.35. The van der Waals surface area contributed by atoms with Crippen LogP contribution < -0.4 is 5.32 Å². The van der Waals surface area contributed by atoms with Crippen LogP contribution in [0, 0.1) is 6.92 Å². The number of halogens is 4. The number of amides is 1. The van der Waals surface area contributed by atoms with E-state index in [-0.39, 0.29) is 18.1 Å². The fraction of sp³-hybridized carbons (Fsp3) is 0.188. The summed E-state index contributed by atoms with van der Waals surface area (Å²) in [6.07, 6.45) is -3.14. The van der Waals surface area contributed by atoms with Crippen LogP contribution in [0.2, 0.25) is 5.02 Å². The van der Waals surface area contributed by atoms with Crippen molar-refractivity contribution in [3.05, 3.63) is 64.5 Å². The second-order valence-electron chi connectivity index (χ2n) is 5.41. The predicted octanol–water partition coefficient (Wildman–Crippen LogP) is 4.15. The SMILES string of the molecule is Cc1cc(C(F)(F)F)nn1Cc1ccc(C(=O)Nc2ccc(Cl)cn2)o1. The van der Waals surface area contributed by atoms with Crippen molar-refractivity contribution in [1.82, 2.24) is 14.8 Å². The predicted molar refractivity (Wildman–Crippen MR) is 87.0 cm³/mol. The van der Waals surface area contributed by atoms with E-state index < -0.39 is 17.8 Å². The minimum absolute atomic E-state index is 0.00222. The lowest BCUT2D eigenvalue weighted by molar-refractivity contribution is -0.141. The third-order valence-electron chi connectivity index (χ3n) is 3.43. The number of alkyl halides is 3. The van der Waals surface area contributed by atoms with Gasteiger partial charge in [-0.05, 0) is 37.3 Å². The van der Waals surface area contributed by atoms with E-state index in [4.69, 9.17) is 16.0 Å². The molecule has 0 fully saturated rings. The summed E-state index contributed by atoms with van der Waals surface area (Å²) in [6, 6.07) is 6.96. The Bertz CT molecular complexity index is 932. The van der Waals surface area contributed by atoms with Gasteiger partial charge < -0.3 is 9.73 Å². The minimum Gasteiger partial charge on any atom is -0.454 e. The van der Waals surface area contributed by atoms with Crippen LogP contribution >= 0.6 is 11.6 Å². The van der Waals surface area contributed by atoms with Gasteiger partial charge in [0.05, 0.1) is 11.6 Å². The van der Waals surface area contributed by atoms with E-state index >= 15 is 0 Å². The van der Waals surface area contributed by atoms with Crippen molar-refractivity contribution in [1.29, 1.82) is 0 Å². The molecule has 10 heteroatoms. The second kappa shape index (κ2) is 6.83. The van der Waals surface area contributed by atoms with Crippen LogP contribution in [0.3, 0.4) is 0 Å². The molecule has 1 N–H and O–H groups in total. The maximum absolute atomic E-state index is 12.7. The Kier molecular flexibility index (Phi) is 4.73. The number of carbonyl (C=O) groups is 1. The summed E-state index contributed by atoms with van der Waals surface area (Å²) in [4.78, 5) is 16.0. The van der Waals surface area contributed by atoms with Gasteiger partial charge in [0.1, 0.15) is 11.6 Å². The van der Waals surface area contributed by atoms with Crippen molar-refractivity contribution < 1.29 is 22.4 Å². The third kappa shape index (κ3) is 4.05. The Morgan fingerprint density at radius 3 is 2.69 bits per heavy atom. The highest BCUT2D eigenvalue weighted by atomic mass is 35.5. The topological polar surface area (TPSA) is 73.0 Å². The molecule has 6 nitrogen and oxygen atoms in total. The zero-order valence-corrected chi connectivity index (χ0v) is 14.1. The Labute approximate surface area is 150 Å². The number of furan rings is 1. The molecule has 0 spiro atoms. The van der Waals surface area contributed by atoms with E-state index in [1.54, 1.807) is 6.07 Å². The molecule has 0 atom stereocenters. The summed E-state index contributed by atoms with van der Waals surface area (Å²) in [5, 5.41) is 6.47.